The molecule has 0 aliphatic heterocycles. The van der Waals surface area contributed by atoms with Crippen LogP contribution in [0.5, 0.6) is 5.75 Å². The Morgan fingerprint density at radius 1 is 1.23 bits per heavy atom. The summed E-state index contributed by atoms with van der Waals surface area (Å²) in [6.45, 7) is 2.07. The standard InChI is InChI=1S/C19H24O3/c1-18-9-7-15-14-5-4-13(22-2)11-12(14)3-6-16(15)19(18,21)10-8-17(18)20/h3-6,11,15-17,20-21H,7-10H2,1-2H3/t15-,16+,17+,18+,19-/m1/s1. The molecule has 1 aromatic rings. The molecule has 3 heteroatoms. The van der Waals surface area contributed by atoms with Gasteiger partial charge < -0.3 is 14.9 Å². The highest BCUT2D eigenvalue weighted by Gasteiger charge is 2.63. The van der Waals surface area contributed by atoms with Crippen molar-refractivity contribution >= 4 is 6.08 Å². The molecule has 3 nitrogen and oxygen atoms in total. The van der Waals surface area contributed by atoms with Crippen molar-refractivity contribution in [2.75, 3.05) is 7.11 Å². The first-order chi connectivity index (χ1) is 10.5. The van der Waals surface area contributed by atoms with E-state index in [1.807, 2.05) is 6.07 Å². The van der Waals surface area contributed by atoms with Gasteiger partial charge >= 0.3 is 0 Å². The third-order valence-corrected chi connectivity index (χ3v) is 6.66. The van der Waals surface area contributed by atoms with Crippen LogP contribution in [0.15, 0.2) is 24.3 Å². The second-order valence-electron chi connectivity index (χ2n) is 7.42. The van der Waals surface area contributed by atoms with Gasteiger partial charge in [-0.15, -0.1) is 0 Å². The highest BCUT2D eigenvalue weighted by molar-refractivity contribution is 5.61. The number of aliphatic hydroxyl groups excluding tert-OH is 1. The third-order valence-electron chi connectivity index (χ3n) is 6.66. The first kappa shape index (κ1) is 14.3. The molecule has 0 spiro atoms. The molecule has 3 aliphatic rings. The number of ether oxygens (including phenoxy) is 1. The summed E-state index contributed by atoms with van der Waals surface area (Å²) in [5.74, 6) is 1.32. The van der Waals surface area contributed by atoms with Crippen molar-refractivity contribution in [3.05, 3.63) is 35.4 Å². The Hall–Kier alpha value is -1.32. The van der Waals surface area contributed by atoms with E-state index in [0.29, 0.717) is 18.8 Å². The van der Waals surface area contributed by atoms with E-state index in [-0.39, 0.29) is 17.4 Å². The Kier molecular flexibility index (Phi) is 2.98. The Morgan fingerprint density at radius 3 is 2.82 bits per heavy atom. The number of rotatable bonds is 1. The summed E-state index contributed by atoms with van der Waals surface area (Å²) in [6.07, 6.45) is 7.20. The van der Waals surface area contributed by atoms with Crippen molar-refractivity contribution in [3.8, 4) is 5.75 Å². The maximum Gasteiger partial charge on any atom is 0.119 e. The number of fused-ring (bicyclic) bond motifs is 5. The quantitative estimate of drug-likeness (QED) is 0.838. The lowest BCUT2D eigenvalue weighted by Crippen LogP contribution is -2.56. The topological polar surface area (TPSA) is 49.7 Å². The van der Waals surface area contributed by atoms with E-state index in [1.165, 1.54) is 11.1 Å². The van der Waals surface area contributed by atoms with Crippen LogP contribution in [0.25, 0.3) is 6.08 Å². The molecule has 22 heavy (non-hydrogen) atoms. The van der Waals surface area contributed by atoms with Gasteiger partial charge in [-0.1, -0.05) is 25.1 Å². The summed E-state index contributed by atoms with van der Waals surface area (Å²) in [5, 5.41) is 21.8. The molecule has 0 radical (unpaired) electrons. The maximum absolute atomic E-state index is 11.4. The van der Waals surface area contributed by atoms with Gasteiger partial charge in [-0.3, -0.25) is 0 Å². The van der Waals surface area contributed by atoms with Gasteiger partial charge in [0.2, 0.25) is 0 Å². The fraction of sp³-hybridized carbons (Fsp3) is 0.579. The van der Waals surface area contributed by atoms with Crippen LogP contribution in [0, 0.1) is 11.3 Å². The van der Waals surface area contributed by atoms with Crippen LogP contribution >= 0.6 is 0 Å². The monoisotopic (exact) mass is 300 g/mol. The second-order valence-corrected chi connectivity index (χ2v) is 7.42. The lowest BCUT2D eigenvalue weighted by molar-refractivity contribution is -0.147. The molecule has 0 amide bonds. The molecule has 2 N–H and O–H groups in total. The molecule has 118 valence electrons. The molecule has 0 unspecified atom stereocenters. The van der Waals surface area contributed by atoms with Crippen LogP contribution in [0.1, 0.15) is 49.7 Å². The van der Waals surface area contributed by atoms with E-state index in [4.69, 9.17) is 4.74 Å². The average molecular weight is 300 g/mol. The van der Waals surface area contributed by atoms with Gasteiger partial charge in [0.15, 0.2) is 0 Å². The van der Waals surface area contributed by atoms with Crippen LogP contribution in [-0.4, -0.2) is 29.0 Å². The van der Waals surface area contributed by atoms with Crippen molar-refractivity contribution in [2.45, 2.75) is 50.2 Å². The lowest BCUT2D eigenvalue weighted by atomic mass is 9.54. The van der Waals surface area contributed by atoms with Crippen molar-refractivity contribution in [3.63, 3.8) is 0 Å². The molecule has 3 aliphatic carbocycles. The third kappa shape index (κ3) is 1.64. The molecular weight excluding hydrogens is 276 g/mol. The normalized spacial score (nSPS) is 42.5. The van der Waals surface area contributed by atoms with Gasteiger partial charge in [-0.25, -0.2) is 0 Å². The molecule has 2 saturated carbocycles. The first-order valence-corrected chi connectivity index (χ1v) is 8.26. The van der Waals surface area contributed by atoms with Gasteiger partial charge in [-0.2, -0.15) is 0 Å². The molecule has 0 saturated heterocycles. The molecule has 2 fully saturated rings. The highest BCUT2D eigenvalue weighted by atomic mass is 16.5. The zero-order valence-electron chi connectivity index (χ0n) is 13.2. The predicted octanol–water partition coefficient (Wildman–Crippen LogP) is 3.11. The maximum atomic E-state index is 11.4. The average Bonchev–Trinajstić information content (AvgIpc) is 2.78. The van der Waals surface area contributed by atoms with Gasteiger partial charge in [0, 0.05) is 11.3 Å². The number of methoxy groups -OCH3 is 1. The fourth-order valence-electron chi connectivity index (χ4n) is 5.16. The Bertz CT molecular complexity index is 638. The van der Waals surface area contributed by atoms with E-state index < -0.39 is 5.60 Å². The molecule has 1 aromatic carbocycles. The van der Waals surface area contributed by atoms with Gasteiger partial charge in [-0.05, 0) is 54.9 Å². The van der Waals surface area contributed by atoms with Crippen molar-refractivity contribution in [1.29, 1.82) is 0 Å². The van der Waals surface area contributed by atoms with Gasteiger partial charge in [0.05, 0.1) is 18.8 Å². The summed E-state index contributed by atoms with van der Waals surface area (Å²) in [7, 11) is 1.69. The van der Waals surface area contributed by atoms with E-state index in [1.54, 1.807) is 7.11 Å². The first-order valence-electron chi connectivity index (χ1n) is 8.26. The van der Waals surface area contributed by atoms with Crippen LogP contribution in [0.3, 0.4) is 0 Å². The molecule has 5 atom stereocenters. The highest BCUT2D eigenvalue weighted by Crippen LogP contribution is 2.62. The minimum absolute atomic E-state index is 0.101. The molecular formula is C19H24O3. The predicted molar refractivity (Wildman–Crippen MR) is 85.8 cm³/mol. The molecule has 0 aromatic heterocycles. The van der Waals surface area contributed by atoms with Crippen LogP contribution < -0.4 is 4.74 Å². The van der Waals surface area contributed by atoms with E-state index in [2.05, 4.69) is 31.2 Å². The van der Waals surface area contributed by atoms with Gasteiger partial charge in [0.25, 0.3) is 0 Å². The van der Waals surface area contributed by atoms with Crippen molar-refractivity contribution in [1.82, 2.24) is 0 Å². The van der Waals surface area contributed by atoms with Crippen LogP contribution in [0.4, 0.5) is 0 Å². The SMILES string of the molecule is COc1ccc2c(c1)C=C[C@H]1[C@@H]2CC[C@@]2(C)[C@@H](O)CC[C@@]12O. The minimum Gasteiger partial charge on any atom is -0.497 e. The van der Waals surface area contributed by atoms with Gasteiger partial charge in [0.1, 0.15) is 5.75 Å². The number of aliphatic hydroxyl groups is 2. The number of hydrogen-bond donors (Lipinski definition) is 2. The summed E-state index contributed by atoms with van der Waals surface area (Å²) < 4.78 is 5.32. The van der Waals surface area contributed by atoms with Crippen molar-refractivity contribution < 1.29 is 14.9 Å². The molecule has 0 bridgehead atoms. The summed E-state index contributed by atoms with van der Waals surface area (Å²) in [6, 6.07) is 6.23. The van der Waals surface area contributed by atoms with E-state index in [0.717, 1.165) is 18.6 Å². The lowest BCUT2D eigenvalue weighted by Gasteiger charge is -2.53. The van der Waals surface area contributed by atoms with E-state index in [9.17, 15) is 10.2 Å². The largest absolute Gasteiger partial charge is 0.497 e. The fourth-order valence-corrected chi connectivity index (χ4v) is 5.16. The zero-order valence-corrected chi connectivity index (χ0v) is 13.2. The summed E-state index contributed by atoms with van der Waals surface area (Å²) >= 11 is 0. The Labute approximate surface area is 131 Å². The summed E-state index contributed by atoms with van der Waals surface area (Å²) in [5.41, 5.74) is 1.35. The Balaban J connectivity index is 1.77. The van der Waals surface area contributed by atoms with Crippen LogP contribution in [-0.2, 0) is 0 Å². The van der Waals surface area contributed by atoms with Crippen LogP contribution in [0.2, 0.25) is 0 Å². The minimum atomic E-state index is -0.788. The van der Waals surface area contributed by atoms with E-state index >= 15 is 0 Å². The Morgan fingerprint density at radius 2 is 2.05 bits per heavy atom. The molecule has 0 heterocycles. The zero-order chi connectivity index (χ0) is 15.5. The molecule has 4 rings (SSSR count). The number of hydrogen-bond acceptors (Lipinski definition) is 3. The second kappa shape index (κ2) is 4.59. The van der Waals surface area contributed by atoms with Crippen molar-refractivity contribution in [2.24, 2.45) is 11.3 Å². The summed E-state index contributed by atoms with van der Waals surface area (Å²) in [4.78, 5) is 0. The number of benzene rings is 1. The smallest absolute Gasteiger partial charge is 0.119 e.